The summed E-state index contributed by atoms with van der Waals surface area (Å²) in [5.41, 5.74) is 1.51. The molecule has 1 aromatic carbocycles. The van der Waals surface area contributed by atoms with Gasteiger partial charge in [0.15, 0.2) is 0 Å². The van der Waals surface area contributed by atoms with Crippen molar-refractivity contribution in [2.45, 2.75) is 31.7 Å². The van der Waals surface area contributed by atoms with Crippen molar-refractivity contribution in [1.29, 1.82) is 0 Å². The molecule has 0 aliphatic carbocycles. The molecule has 0 amide bonds. The number of aromatic carboxylic acids is 1. The molecule has 1 saturated heterocycles. The van der Waals surface area contributed by atoms with Gasteiger partial charge in [0.2, 0.25) is 0 Å². The second-order valence-electron chi connectivity index (χ2n) is 5.72. The van der Waals surface area contributed by atoms with Crippen LogP contribution in [0.3, 0.4) is 0 Å². The van der Waals surface area contributed by atoms with Gasteiger partial charge in [-0.2, -0.15) is 0 Å². The lowest BCUT2D eigenvalue weighted by Gasteiger charge is -2.39. The summed E-state index contributed by atoms with van der Waals surface area (Å²) in [7, 11) is 0. The number of nitrogens with zero attached hydrogens (tertiary/aromatic N) is 2. The van der Waals surface area contributed by atoms with Crippen LogP contribution < -0.4 is 4.90 Å². The van der Waals surface area contributed by atoms with E-state index >= 15 is 0 Å². The van der Waals surface area contributed by atoms with E-state index in [-0.39, 0.29) is 31.0 Å². The van der Waals surface area contributed by atoms with Crippen molar-refractivity contribution in [2.24, 2.45) is 0 Å². The van der Waals surface area contributed by atoms with Crippen molar-refractivity contribution >= 4 is 22.6 Å². The van der Waals surface area contributed by atoms with Gasteiger partial charge in [-0.1, -0.05) is 0 Å². The van der Waals surface area contributed by atoms with E-state index in [1.165, 1.54) is 12.3 Å². The van der Waals surface area contributed by atoms with Gasteiger partial charge in [-0.25, -0.2) is 13.6 Å². The van der Waals surface area contributed by atoms with Crippen LogP contribution in [-0.2, 0) is 0 Å². The molecule has 1 fully saturated rings. The Morgan fingerprint density at radius 3 is 2.86 bits per heavy atom. The molecule has 4 nitrogen and oxygen atoms in total. The highest BCUT2D eigenvalue weighted by atomic mass is 19.3. The second-order valence-corrected chi connectivity index (χ2v) is 5.72. The third-order valence-corrected chi connectivity index (χ3v) is 4.13. The van der Waals surface area contributed by atoms with Gasteiger partial charge in [-0.3, -0.25) is 4.98 Å². The summed E-state index contributed by atoms with van der Waals surface area (Å²) in [6, 6.07) is 6.41. The zero-order chi connectivity index (χ0) is 15.9. The number of benzene rings is 1. The summed E-state index contributed by atoms with van der Waals surface area (Å²) in [5, 5.41) is 9.79. The van der Waals surface area contributed by atoms with E-state index in [0.29, 0.717) is 10.9 Å². The van der Waals surface area contributed by atoms with Crippen LogP contribution in [0, 0.1) is 0 Å². The van der Waals surface area contributed by atoms with Crippen LogP contribution in [0.5, 0.6) is 0 Å². The van der Waals surface area contributed by atoms with Gasteiger partial charge >= 0.3 is 5.97 Å². The number of fused-ring (bicyclic) bond motifs is 1. The van der Waals surface area contributed by atoms with Crippen LogP contribution in [0.4, 0.5) is 14.5 Å². The Labute approximate surface area is 126 Å². The van der Waals surface area contributed by atoms with Crippen LogP contribution in [0.15, 0.2) is 30.5 Å². The van der Waals surface area contributed by atoms with Crippen molar-refractivity contribution in [3.63, 3.8) is 0 Å². The lowest BCUT2D eigenvalue weighted by molar-refractivity contribution is -0.0318. The number of rotatable bonds is 2. The first-order chi connectivity index (χ1) is 10.4. The number of carboxylic acid groups (broad SMARTS) is 1. The van der Waals surface area contributed by atoms with Crippen LogP contribution in [-0.4, -0.2) is 34.6 Å². The zero-order valence-electron chi connectivity index (χ0n) is 12.1. The van der Waals surface area contributed by atoms with Crippen LogP contribution in [0.1, 0.15) is 30.1 Å². The Kier molecular flexibility index (Phi) is 3.47. The topological polar surface area (TPSA) is 53.4 Å². The Morgan fingerprint density at radius 2 is 2.18 bits per heavy atom. The van der Waals surface area contributed by atoms with Crippen molar-refractivity contribution in [1.82, 2.24) is 4.98 Å². The van der Waals surface area contributed by atoms with E-state index in [1.807, 2.05) is 4.90 Å². The molecule has 3 rings (SSSR count). The highest BCUT2D eigenvalue weighted by molar-refractivity contribution is 6.03. The van der Waals surface area contributed by atoms with Crippen molar-refractivity contribution < 1.29 is 18.7 Å². The zero-order valence-corrected chi connectivity index (χ0v) is 12.1. The molecule has 0 saturated carbocycles. The van der Waals surface area contributed by atoms with Gasteiger partial charge in [0.1, 0.15) is 0 Å². The van der Waals surface area contributed by atoms with Gasteiger partial charge in [0.05, 0.1) is 11.1 Å². The Bertz CT molecular complexity index is 733. The molecule has 1 aromatic heterocycles. The molecule has 0 spiro atoms. The maximum atomic E-state index is 13.5. The van der Waals surface area contributed by atoms with E-state index in [2.05, 4.69) is 4.98 Å². The van der Waals surface area contributed by atoms with Gasteiger partial charge in [-0.05, 0) is 31.2 Å². The number of carboxylic acids is 1. The molecule has 0 bridgehead atoms. The molecule has 1 atom stereocenters. The Morgan fingerprint density at radius 1 is 1.41 bits per heavy atom. The summed E-state index contributed by atoms with van der Waals surface area (Å²) >= 11 is 0. The lowest BCUT2D eigenvalue weighted by Crippen LogP contribution is -2.45. The van der Waals surface area contributed by atoms with Gasteiger partial charge in [0, 0.05) is 42.7 Å². The quantitative estimate of drug-likeness (QED) is 0.922. The number of alkyl halides is 2. The summed E-state index contributed by atoms with van der Waals surface area (Å²) in [5.74, 6) is -3.65. The largest absolute Gasteiger partial charge is 0.478 e. The molecule has 22 heavy (non-hydrogen) atoms. The smallest absolute Gasteiger partial charge is 0.336 e. The van der Waals surface area contributed by atoms with E-state index < -0.39 is 11.9 Å². The lowest BCUT2D eigenvalue weighted by atomic mass is 9.98. The third kappa shape index (κ3) is 2.61. The number of carbonyl (C=O) groups is 1. The molecular weight excluding hydrogens is 290 g/mol. The molecule has 1 N–H and O–H groups in total. The monoisotopic (exact) mass is 306 g/mol. The summed E-state index contributed by atoms with van der Waals surface area (Å²) in [4.78, 5) is 17.4. The number of aromatic nitrogens is 1. The SMILES string of the molecule is C[C@H]1CC(F)(F)CCN1c1ccc2nccc(C(=O)O)c2c1. The standard InChI is InChI=1S/C16H16F2N2O2/c1-10-9-16(17,18)5-7-20(10)11-2-3-14-13(8-11)12(15(21)22)4-6-19-14/h2-4,6,8,10H,5,7,9H2,1H3,(H,21,22)/t10-/m0/s1. The van der Waals surface area contributed by atoms with Crippen LogP contribution in [0.2, 0.25) is 0 Å². The van der Waals surface area contributed by atoms with Crippen molar-refractivity contribution in [3.8, 4) is 0 Å². The normalized spacial score (nSPS) is 21.0. The molecule has 2 aromatic rings. The first kappa shape index (κ1) is 14.7. The predicted octanol–water partition coefficient (Wildman–Crippen LogP) is 3.56. The molecule has 2 heterocycles. The number of hydrogen-bond acceptors (Lipinski definition) is 3. The number of pyridine rings is 1. The maximum absolute atomic E-state index is 13.5. The average Bonchev–Trinajstić information content (AvgIpc) is 2.45. The van der Waals surface area contributed by atoms with Gasteiger partial charge in [-0.15, -0.1) is 0 Å². The fourth-order valence-corrected chi connectivity index (χ4v) is 3.03. The molecule has 1 aliphatic heterocycles. The molecule has 1 aliphatic rings. The third-order valence-electron chi connectivity index (χ3n) is 4.13. The van der Waals surface area contributed by atoms with Crippen molar-refractivity contribution in [3.05, 3.63) is 36.0 Å². The van der Waals surface area contributed by atoms with Crippen molar-refractivity contribution in [2.75, 3.05) is 11.4 Å². The fraction of sp³-hybridized carbons (Fsp3) is 0.375. The summed E-state index contributed by atoms with van der Waals surface area (Å²) < 4.78 is 26.9. The van der Waals surface area contributed by atoms with Gasteiger partial charge in [0.25, 0.3) is 5.92 Å². The molecular formula is C16H16F2N2O2. The number of piperidine rings is 1. The summed E-state index contributed by atoms with van der Waals surface area (Å²) in [6.07, 6.45) is 1.08. The Balaban J connectivity index is 2.02. The van der Waals surface area contributed by atoms with Crippen LogP contribution in [0.25, 0.3) is 10.9 Å². The number of hydrogen-bond donors (Lipinski definition) is 1. The molecule has 6 heteroatoms. The maximum Gasteiger partial charge on any atom is 0.336 e. The van der Waals surface area contributed by atoms with Gasteiger partial charge < -0.3 is 10.0 Å². The fourth-order valence-electron chi connectivity index (χ4n) is 3.03. The highest BCUT2D eigenvalue weighted by Crippen LogP contribution is 2.35. The number of halogens is 2. The minimum atomic E-state index is -2.62. The summed E-state index contributed by atoms with van der Waals surface area (Å²) in [6.45, 7) is 2.01. The Hall–Kier alpha value is -2.24. The average molecular weight is 306 g/mol. The minimum absolute atomic E-state index is 0.168. The minimum Gasteiger partial charge on any atom is -0.478 e. The van der Waals surface area contributed by atoms with E-state index in [9.17, 15) is 18.7 Å². The first-order valence-electron chi connectivity index (χ1n) is 7.14. The first-order valence-corrected chi connectivity index (χ1v) is 7.14. The molecule has 0 unspecified atom stereocenters. The second kappa shape index (κ2) is 5.19. The van der Waals surface area contributed by atoms with E-state index in [0.717, 1.165) is 5.69 Å². The molecule has 116 valence electrons. The van der Waals surface area contributed by atoms with E-state index in [1.54, 1.807) is 25.1 Å². The predicted molar refractivity (Wildman–Crippen MR) is 79.7 cm³/mol. The molecule has 0 radical (unpaired) electrons. The highest BCUT2D eigenvalue weighted by Gasteiger charge is 2.38. The number of anilines is 1. The van der Waals surface area contributed by atoms with E-state index in [4.69, 9.17) is 0 Å². The van der Waals surface area contributed by atoms with Crippen LogP contribution >= 0.6 is 0 Å².